The molecule has 0 unspecified atom stereocenters. The maximum absolute atomic E-state index is 11.7. The average molecular weight is 295 g/mol. The molecule has 0 saturated heterocycles. The Bertz CT molecular complexity index is 639. The smallest absolute Gasteiger partial charge is 0.244 e. The number of amides is 2. The third kappa shape index (κ3) is 5.58. The van der Waals surface area contributed by atoms with Gasteiger partial charge in [-0.3, -0.25) is 9.59 Å². The van der Waals surface area contributed by atoms with Gasteiger partial charge in [-0.05, 0) is 23.8 Å². The third-order valence-corrected chi connectivity index (χ3v) is 2.81. The van der Waals surface area contributed by atoms with Crippen molar-refractivity contribution in [2.75, 3.05) is 11.9 Å². The predicted molar refractivity (Wildman–Crippen MR) is 86.0 cm³/mol. The highest BCUT2D eigenvalue weighted by Gasteiger charge is 2.03. The van der Waals surface area contributed by atoms with E-state index in [-0.39, 0.29) is 24.8 Å². The zero-order valence-corrected chi connectivity index (χ0v) is 12.0. The zero-order chi connectivity index (χ0) is 15.6. The fourth-order valence-electron chi connectivity index (χ4n) is 1.74. The van der Waals surface area contributed by atoms with E-state index in [0.717, 1.165) is 5.56 Å². The minimum atomic E-state index is -0.227. The van der Waals surface area contributed by atoms with Crippen molar-refractivity contribution >= 4 is 23.7 Å². The normalized spacial score (nSPS) is 10.4. The van der Waals surface area contributed by atoms with Crippen LogP contribution in [0.1, 0.15) is 12.0 Å². The number of aromatic nitrogens is 1. The molecule has 0 spiro atoms. The highest BCUT2D eigenvalue weighted by Crippen LogP contribution is 2.01. The van der Waals surface area contributed by atoms with Gasteiger partial charge in [-0.15, -0.1) is 0 Å². The first-order chi connectivity index (χ1) is 10.7. The number of hydrogen-bond donors (Lipinski definition) is 2. The van der Waals surface area contributed by atoms with Gasteiger partial charge in [0.25, 0.3) is 0 Å². The summed E-state index contributed by atoms with van der Waals surface area (Å²) < 4.78 is 0. The van der Waals surface area contributed by atoms with Crippen molar-refractivity contribution in [2.24, 2.45) is 0 Å². The number of pyridine rings is 1. The molecule has 2 aromatic rings. The van der Waals surface area contributed by atoms with Gasteiger partial charge in [-0.2, -0.15) is 0 Å². The van der Waals surface area contributed by atoms with Crippen LogP contribution in [0, 0.1) is 0 Å². The van der Waals surface area contributed by atoms with Gasteiger partial charge in [0.2, 0.25) is 11.8 Å². The van der Waals surface area contributed by atoms with Crippen LogP contribution in [0.4, 0.5) is 5.82 Å². The van der Waals surface area contributed by atoms with Gasteiger partial charge in [-0.25, -0.2) is 4.98 Å². The summed E-state index contributed by atoms with van der Waals surface area (Å²) in [6.45, 7) is 0.274. The molecule has 22 heavy (non-hydrogen) atoms. The van der Waals surface area contributed by atoms with E-state index < -0.39 is 0 Å². The molecule has 2 N–H and O–H groups in total. The maximum atomic E-state index is 11.7. The molecule has 112 valence electrons. The number of benzene rings is 1. The van der Waals surface area contributed by atoms with Crippen LogP contribution in [-0.4, -0.2) is 23.3 Å². The SMILES string of the molecule is O=C(/C=C/c1ccccc1)NCCC(=O)Nc1ccccn1. The summed E-state index contributed by atoms with van der Waals surface area (Å²) in [4.78, 5) is 27.3. The molecular weight excluding hydrogens is 278 g/mol. The van der Waals surface area contributed by atoms with E-state index in [0.29, 0.717) is 5.82 Å². The molecule has 0 saturated carbocycles. The first-order valence-electron chi connectivity index (χ1n) is 6.96. The first-order valence-corrected chi connectivity index (χ1v) is 6.96. The highest BCUT2D eigenvalue weighted by molar-refractivity contribution is 5.93. The van der Waals surface area contributed by atoms with Gasteiger partial charge in [0, 0.05) is 25.2 Å². The summed E-state index contributed by atoms with van der Waals surface area (Å²) in [5, 5.41) is 5.32. The lowest BCUT2D eigenvalue weighted by atomic mass is 10.2. The lowest BCUT2D eigenvalue weighted by Gasteiger charge is -2.04. The Morgan fingerprint density at radius 1 is 1.05 bits per heavy atom. The number of anilines is 1. The maximum Gasteiger partial charge on any atom is 0.244 e. The molecule has 0 aliphatic rings. The minimum Gasteiger partial charge on any atom is -0.352 e. The number of rotatable bonds is 6. The molecular formula is C17H17N3O2. The monoisotopic (exact) mass is 295 g/mol. The number of carbonyl (C=O) groups is 2. The fourth-order valence-corrected chi connectivity index (χ4v) is 1.74. The average Bonchev–Trinajstić information content (AvgIpc) is 2.55. The van der Waals surface area contributed by atoms with Gasteiger partial charge >= 0.3 is 0 Å². The van der Waals surface area contributed by atoms with Crippen LogP contribution in [0.5, 0.6) is 0 Å². The van der Waals surface area contributed by atoms with Crippen LogP contribution in [0.2, 0.25) is 0 Å². The van der Waals surface area contributed by atoms with Gasteiger partial charge < -0.3 is 10.6 Å². The second kappa shape index (κ2) is 8.36. The van der Waals surface area contributed by atoms with Crippen molar-refractivity contribution in [3.05, 3.63) is 66.4 Å². The molecule has 2 rings (SSSR count). The third-order valence-electron chi connectivity index (χ3n) is 2.81. The largest absolute Gasteiger partial charge is 0.352 e. The molecule has 0 bridgehead atoms. The van der Waals surface area contributed by atoms with Crippen molar-refractivity contribution in [3.8, 4) is 0 Å². The van der Waals surface area contributed by atoms with E-state index in [2.05, 4.69) is 15.6 Å². The van der Waals surface area contributed by atoms with Crippen molar-refractivity contribution in [3.63, 3.8) is 0 Å². The van der Waals surface area contributed by atoms with Crippen LogP contribution in [-0.2, 0) is 9.59 Å². The summed E-state index contributed by atoms with van der Waals surface area (Å²) in [7, 11) is 0. The van der Waals surface area contributed by atoms with Gasteiger partial charge in [0.05, 0.1) is 0 Å². The molecule has 0 radical (unpaired) electrons. The second-order valence-corrected chi connectivity index (χ2v) is 4.55. The minimum absolute atomic E-state index is 0.189. The van der Waals surface area contributed by atoms with Gasteiger partial charge in [0.15, 0.2) is 0 Å². The Morgan fingerprint density at radius 2 is 1.82 bits per heavy atom. The van der Waals surface area contributed by atoms with E-state index in [9.17, 15) is 9.59 Å². The van der Waals surface area contributed by atoms with Crippen LogP contribution in [0.15, 0.2) is 60.8 Å². The fraction of sp³-hybridized carbons (Fsp3) is 0.118. The van der Waals surface area contributed by atoms with Crippen molar-refractivity contribution in [1.82, 2.24) is 10.3 Å². The lowest BCUT2D eigenvalue weighted by molar-refractivity contribution is -0.117. The number of hydrogen-bond acceptors (Lipinski definition) is 3. The molecule has 2 amide bonds. The quantitative estimate of drug-likeness (QED) is 0.803. The second-order valence-electron chi connectivity index (χ2n) is 4.55. The van der Waals surface area contributed by atoms with E-state index in [1.54, 1.807) is 30.5 Å². The molecule has 5 heteroatoms. The molecule has 0 fully saturated rings. The standard InChI is InChI=1S/C17H17N3O2/c21-16(10-9-14-6-2-1-3-7-14)19-13-11-17(22)20-15-8-4-5-12-18-15/h1-10,12H,11,13H2,(H,19,21)(H,18,20,22)/b10-9+. The molecule has 1 aromatic heterocycles. The van der Waals surface area contributed by atoms with E-state index in [1.807, 2.05) is 30.3 Å². The highest BCUT2D eigenvalue weighted by atomic mass is 16.2. The van der Waals surface area contributed by atoms with Gasteiger partial charge in [-0.1, -0.05) is 36.4 Å². The van der Waals surface area contributed by atoms with E-state index in [4.69, 9.17) is 0 Å². The van der Waals surface area contributed by atoms with E-state index in [1.165, 1.54) is 6.08 Å². The lowest BCUT2D eigenvalue weighted by Crippen LogP contribution is -2.26. The van der Waals surface area contributed by atoms with Crippen molar-refractivity contribution in [1.29, 1.82) is 0 Å². The van der Waals surface area contributed by atoms with E-state index >= 15 is 0 Å². The summed E-state index contributed by atoms with van der Waals surface area (Å²) in [5.74, 6) is 0.0864. The van der Waals surface area contributed by atoms with Crippen LogP contribution in [0.25, 0.3) is 6.08 Å². The Labute approximate surface area is 129 Å². The first kappa shape index (κ1) is 15.4. The zero-order valence-electron chi connectivity index (χ0n) is 12.0. The number of nitrogens with one attached hydrogen (secondary N) is 2. The summed E-state index contributed by atoms with van der Waals surface area (Å²) in [6, 6.07) is 14.8. The molecule has 0 aliphatic carbocycles. The molecule has 0 aliphatic heterocycles. The Hall–Kier alpha value is -2.95. The topological polar surface area (TPSA) is 71.1 Å². The Kier molecular flexibility index (Phi) is 5.87. The molecule has 1 heterocycles. The summed E-state index contributed by atoms with van der Waals surface area (Å²) in [6.07, 6.45) is 4.97. The van der Waals surface area contributed by atoms with Crippen molar-refractivity contribution < 1.29 is 9.59 Å². The van der Waals surface area contributed by atoms with Crippen LogP contribution in [0.3, 0.4) is 0 Å². The number of nitrogens with zero attached hydrogens (tertiary/aromatic N) is 1. The summed E-state index contributed by atoms with van der Waals surface area (Å²) >= 11 is 0. The number of carbonyl (C=O) groups excluding carboxylic acids is 2. The van der Waals surface area contributed by atoms with Gasteiger partial charge in [0.1, 0.15) is 5.82 Å². The molecule has 5 nitrogen and oxygen atoms in total. The van der Waals surface area contributed by atoms with Crippen LogP contribution < -0.4 is 10.6 Å². The van der Waals surface area contributed by atoms with Crippen LogP contribution >= 0.6 is 0 Å². The Morgan fingerprint density at radius 3 is 2.55 bits per heavy atom. The van der Waals surface area contributed by atoms with Crippen molar-refractivity contribution in [2.45, 2.75) is 6.42 Å². The molecule has 1 aromatic carbocycles. The summed E-state index contributed by atoms with van der Waals surface area (Å²) in [5.41, 5.74) is 0.950. The Balaban J connectivity index is 1.68. The molecule has 0 atom stereocenters. The predicted octanol–water partition coefficient (Wildman–Crippen LogP) is 2.24.